The summed E-state index contributed by atoms with van der Waals surface area (Å²) in [5, 5.41) is 5.18. The van der Waals surface area contributed by atoms with Gasteiger partial charge < -0.3 is 25.8 Å². The summed E-state index contributed by atoms with van der Waals surface area (Å²) >= 11 is 4.86. The maximum absolute atomic E-state index is 12.6. The molecular weight excluding hydrogens is 502 g/mol. The second kappa shape index (κ2) is 15.7. The van der Waals surface area contributed by atoms with E-state index in [2.05, 4.69) is 32.3 Å². The summed E-state index contributed by atoms with van der Waals surface area (Å²) in [6.45, 7) is 3.55. The summed E-state index contributed by atoms with van der Waals surface area (Å²) < 4.78 is 10.7. The van der Waals surface area contributed by atoms with Crippen molar-refractivity contribution in [1.82, 2.24) is 10.6 Å². The van der Waals surface area contributed by atoms with Crippen LogP contribution >= 0.6 is 27.7 Å². The molecule has 1 aromatic carbocycles. The number of halogens is 1. The van der Waals surface area contributed by atoms with Gasteiger partial charge in [-0.1, -0.05) is 28.1 Å². The first-order valence-corrected chi connectivity index (χ1v) is 12.3. The monoisotopic (exact) mass is 532 g/mol. The highest BCUT2D eigenvalue weighted by Crippen LogP contribution is 2.16. The molecule has 0 aliphatic rings. The van der Waals surface area contributed by atoms with Crippen molar-refractivity contribution in [1.29, 1.82) is 0 Å². The van der Waals surface area contributed by atoms with Gasteiger partial charge in [0.25, 0.3) is 0 Å². The van der Waals surface area contributed by atoms with Crippen LogP contribution in [0.25, 0.3) is 0 Å². The smallest absolute Gasteiger partial charge is 0.364 e. The highest BCUT2D eigenvalue weighted by atomic mass is 79.9. The topological polar surface area (TPSA) is 138 Å². The Morgan fingerprint density at radius 1 is 1.09 bits per heavy atom. The van der Waals surface area contributed by atoms with Crippen LogP contribution in [0, 0.1) is 0 Å². The second-order valence-electron chi connectivity index (χ2n) is 6.77. The number of benzene rings is 1. The van der Waals surface area contributed by atoms with Gasteiger partial charge in [-0.25, -0.2) is 4.79 Å². The average molecular weight is 533 g/mol. The third-order valence-corrected chi connectivity index (χ3v) is 5.81. The molecular formula is C21H31BrN3O6S+. The van der Waals surface area contributed by atoms with Crippen LogP contribution in [0.5, 0.6) is 0 Å². The molecule has 0 spiro atoms. The molecule has 0 fully saturated rings. The number of hydrogen-bond acceptors (Lipinski definition) is 7. The Morgan fingerprint density at radius 2 is 1.75 bits per heavy atom. The number of nitrogens with one attached hydrogen (secondary N) is 2. The van der Waals surface area contributed by atoms with E-state index < -0.39 is 29.9 Å². The van der Waals surface area contributed by atoms with Crippen molar-refractivity contribution in [2.24, 2.45) is 0 Å². The van der Waals surface area contributed by atoms with Gasteiger partial charge in [-0.15, -0.1) is 0 Å². The third-order valence-electron chi connectivity index (χ3n) is 4.17. The van der Waals surface area contributed by atoms with E-state index in [0.717, 1.165) is 10.0 Å². The van der Waals surface area contributed by atoms with E-state index in [9.17, 15) is 19.2 Å². The van der Waals surface area contributed by atoms with Crippen LogP contribution in [-0.4, -0.2) is 61.3 Å². The summed E-state index contributed by atoms with van der Waals surface area (Å²) in [5.74, 6) is -0.928. The normalized spacial score (nSPS) is 12.4. The minimum absolute atomic E-state index is 0.0199. The predicted octanol–water partition coefficient (Wildman–Crippen LogP) is 0.800. The Balaban J connectivity index is 2.63. The molecule has 9 nitrogen and oxygen atoms in total. The quantitative estimate of drug-likeness (QED) is 0.301. The van der Waals surface area contributed by atoms with Crippen LogP contribution in [0.4, 0.5) is 0 Å². The van der Waals surface area contributed by atoms with Gasteiger partial charge in [0.05, 0.1) is 13.2 Å². The maximum Gasteiger partial charge on any atom is 0.364 e. The van der Waals surface area contributed by atoms with Crippen molar-refractivity contribution < 1.29 is 34.4 Å². The molecule has 2 atom stereocenters. The van der Waals surface area contributed by atoms with Gasteiger partial charge in [0.2, 0.25) is 11.8 Å². The molecule has 2 amide bonds. The molecule has 11 heteroatoms. The fourth-order valence-electron chi connectivity index (χ4n) is 2.50. The Bertz CT molecular complexity index is 762. The first-order valence-electron chi connectivity index (χ1n) is 10.3. The van der Waals surface area contributed by atoms with Crippen molar-refractivity contribution >= 4 is 51.4 Å². The van der Waals surface area contributed by atoms with Crippen molar-refractivity contribution in [2.45, 2.75) is 44.5 Å². The molecule has 0 aliphatic carbocycles. The Morgan fingerprint density at radius 3 is 2.38 bits per heavy atom. The molecule has 0 aromatic heterocycles. The van der Waals surface area contributed by atoms with E-state index in [1.807, 2.05) is 24.3 Å². The average Bonchev–Trinajstić information content (AvgIpc) is 2.76. The second-order valence-corrected chi connectivity index (χ2v) is 8.72. The van der Waals surface area contributed by atoms with Crippen molar-refractivity contribution in [3.63, 3.8) is 0 Å². The van der Waals surface area contributed by atoms with Gasteiger partial charge >= 0.3 is 11.9 Å². The van der Waals surface area contributed by atoms with Crippen LogP contribution < -0.4 is 16.4 Å². The van der Waals surface area contributed by atoms with E-state index in [0.29, 0.717) is 11.5 Å². The highest BCUT2D eigenvalue weighted by molar-refractivity contribution is 9.10. The molecule has 1 aromatic rings. The maximum atomic E-state index is 12.6. The summed E-state index contributed by atoms with van der Waals surface area (Å²) in [4.78, 5) is 48.1. The van der Waals surface area contributed by atoms with Crippen LogP contribution in [0.2, 0.25) is 0 Å². The fourth-order valence-corrected chi connectivity index (χ4v) is 3.78. The lowest BCUT2D eigenvalue weighted by atomic mass is 10.1. The molecule has 0 radical (unpaired) electrons. The minimum Gasteiger partial charge on any atom is -0.465 e. The first-order chi connectivity index (χ1) is 15.3. The van der Waals surface area contributed by atoms with Gasteiger partial charge in [0, 0.05) is 28.8 Å². The highest BCUT2D eigenvalue weighted by Gasteiger charge is 2.24. The standard InChI is InChI=1S/C21H30BrN3O6S/c1-3-30-19(27)11-24-20(28)17(13-32-12-14-5-7-15(22)8-6-14)25-18(26)10-9-16(23)21(29)31-4-2/h5-8,16-17H,3-4,9-13,23H2,1-2H3,(H,24,28)(H,25,26)/p+1. The van der Waals surface area contributed by atoms with Crippen LogP contribution in [-0.2, 0) is 34.4 Å². The zero-order valence-corrected chi connectivity index (χ0v) is 20.8. The SMILES string of the molecule is CCOC(=O)CNC(=O)C(CSCc1ccc(Br)cc1)NC(=O)CCC([NH3+])C(=O)OCC. The molecule has 1 rings (SSSR count). The van der Waals surface area contributed by atoms with E-state index in [4.69, 9.17) is 9.47 Å². The van der Waals surface area contributed by atoms with Gasteiger partial charge in [-0.3, -0.25) is 14.4 Å². The van der Waals surface area contributed by atoms with Crippen LogP contribution in [0.15, 0.2) is 28.7 Å². The van der Waals surface area contributed by atoms with Gasteiger partial charge in [0.15, 0.2) is 6.04 Å². The largest absolute Gasteiger partial charge is 0.465 e. The van der Waals surface area contributed by atoms with E-state index in [1.165, 1.54) is 11.8 Å². The predicted molar refractivity (Wildman–Crippen MR) is 124 cm³/mol. The number of quaternary nitrogens is 1. The Kier molecular flexibility index (Phi) is 13.7. The van der Waals surface area contributed by atoms with Crippen molar-refractivity contribution in [2.75, 3.05) is 25.5 Å². The summed E-state index contributed by atoms with van der Waals surface area (Å²) in [6.07, 6.45) is 0.222. The molecule has 0 saturated carbocycles. The number of amides is 2. The fraction of sp³-hybridized carbons (Fsp3) is 0.524. The zero-order chi connectivity index (χ0) is 23.9. The van der Waals surface area contributed by atoms with Gasteiger partial charge in [-0.2, -0.15) is 11.8 Å². The van der Waals surface area contributed by atoms with Gasteiger partial charge in [-0.05, 0) is 31.5 Å². The number of hydrogen-bond donors (Lipinski definition) is 3. The lowest BCUT2D eigenvalue weighted by Gasteiger charge is -2.18. The number of carbonyl (C=O) groups excluding carboxylic acids is 4. The molecule has 2 unspecified atom stereocenters. The minimum atomic E-state index is -0.844. The van der Waals surface area contributed by atoms with E-state index >= 15 is 0 Å². The number of esters is 2. The van der Waals surface area contributed by atoms with Crippen molar-refractivity contribution in [3.05, 3.63) is 34.3 Å². The molecule has 0 heterocycles. The number of carbonyl (C=O) groups is 4. The molecule has 178 valence electrons. The van der Waals surface area contributed by atoms with Crippen LogP contribution in [0.1, 0.15) is 32.3 Å². The summed E-state index contributed by atoms with van der Waals surface area (Å²) in [5.41, 5.74) is 4.78. The van der Waals surface area contributed by atoms with Crippen LogP contribution in [0.3, 0.4) is 0 Å². The molecule has 0 saturated heterocycles. The molecule has 5 N–H and O–H groups in total. The lowest BCUT2D eigenvalue weighted by Crippen LogP contribution is -2.65. The van der Waals surface area contributed by atoms with E-state index in [1.54, 1.807) is 13.8 Å². The number of ether oxygens (including phenoxy) is 2. The lowest BCUT2D eigenvalue weighted by molar-refractivity contribution is -0.409. The Hall–Kier alpha value is -2.11. The molecule has 0 bridgehead atoms. The zero-order valence-electron chi connectivity index (χ0n) is 18.4. The third kappa shape index (κ3) is 11.5. The van der Waals surface area contributed by atoms with Crippen molar-refractivity contribution in [3.8, 4) is 0 Å². The van der Waals surface area contributed by atoms with E-state index in [-0.39, 0.29) is 38.5 Å². The number of thioether (sulfide) groups is 1. The molecule has 32 heavy (non-hydrogen) atoms. The molecule has 0 aliphatic heterocycles. The summed E-state index contributed by atoms with van der Waals surface area (Å²) in [6, 6.07) is 6.29. The van der Waals surface area contributed by atoms with Gasteiger partial charge in [0.1, 0.15) is 12.6 Å². The number of rotatable bonds is 14. The first kappa shape index (κ1) is 27.9. The summed E-state index contributed by atoms with van der Waals surface area (Å²) in [7, 11) is 0. The Labute approximate surface area is 200 Å².